The number of hydrogen-bond acceptors (Lipinski definition) is 5. The van der Waals surface area contributed by atoms with E-state index in [1.807, 2.05) is 0 Å². The molecular formula is C13H13N5O3. The molecule has 8 nitrogen and oxygen atoms in total. The molecule has 8 heteroatoms. The van der Waals surface area contributed by atoms with E-state index in [0.717, 1.165) is 0 Å². The third-order valence-electron chi connectivity index (χ3n) is 2.55. The van der Waals surface area contributed by atoms with Gasteiger partial charge in [0, 0.05) is 12.4 Å². The number of carbonyl (C=O) groups excluding carboxylic acids is 1. The molecular weight excluding hydrogens is 274 g/mol. The number of urea groups is 1. The SMILES string of the molecule is O=C(NCc1cc(C(=O)O)ccn1)NCc1cccnn1. The maximum atomic E-state index is 11.6. The van der Waals surface area contributed by atoms with Crippen LogP contribution in [0.3, 0.4) is 0 Å². The Kier molecular flexibility index (Phi) is 4.75. The minimum absolute atomic E-state index is 0.127. The molecule has 2 aromatic rings. The van der Waals surface area contributed by atoms with E-state index in [0.29, 0.717) is 11.4 Å². The van der Waals surface area contributed by atoms with Crippen LogP contribution in [-0.2, 0) is 13.1 Å². The Balaban J connectivity index is 1.81. The third kappa shape index (κ3) is 4.53. The van der Waals surface area contributed by atoms with Crippen LogP contribution in [0.25, 0.3) is 0 Å². The zero-order chi connectivity index (χ0) is 15.1. The van der Waals surface area contributed by atoms with Crippen LogP contribution in [0.2, 0.25) is 0 Å². The smallest absolute Gasteiger partial charge is 0.335 e. The van der Waals surface area contributed by atoms with Gasteiger partial charge in [-0.25, -0.2) is 9.59 Å². The summed E-state index contributed by atoms with van der Waals surface area (Å²) in [6, 6.07) is 5.86. The summed E-state index contributed by atoms with van der Waals surface area (Å²) in [5, 5.41) is 21.6. The molecule has 108 valence electrons. The van der Waals surface area contributed by atoms with Gasteiger partial charge in [0.25, 0.3) is 0 Å². The highest BCUT2D eigenvalue weighted by atomic mass is 16.4. The van der Waals surface area contributed by atoms with Crippen LogP contribution < -0.4 is 10.6 Å². The highest BCUT2D eigenvalue weighted by Crippen LogP contribution is 2.01. The van der Waals surface area contributed by atoms with Gasteiger partial charge in [-0.15, -0.1) is 0 Å². The van der Waals surface area contributed by atoms with Crippen molar-refractivity contribution in [3.05, 3.63) is 53.6 Å². The largest absolute Gasteiger partial charge is 0.478 e. The van der Waals surface area contributed by atoms with Gasteiger partial charge in [0.15, 0.2) is 0 Å². The van der Waals surface area contributed by atoms with Gasteiger partial charge in [-0.2, -0.15) is 10.2 Å². The summed E-state index contributed by atoms with van der Waals surface area (Å²) in [6.07, 6.45) is 2.93. The Hall–Kier alpha value is -3.03. The summed E-state index contributed by atoms with van der Waals surface area (Å²) >= 11 is 0. The van der Waals surface area contributed by atoms with E-state index in [9.17, 15) is 9.59 Å². The maximum Gasteiger partial charge on any atom is 0.335 e. The average Bonchev–Trinajstić information content (AvgIpc) is 2.52. The van der Waals surface area contributed by atoms with Crippen molar-refractivity contribution in [3.63, 3.8) is 0 Å². The van der Waals surface area contributed by atoms with E-state index in [4.69, 9.17) is 5.11 Å². The highest BCUT2D eigenvalue weighted by molar-refractivity contribution is 5.87. The number of aromatic carboxylic acids is 1. The van der Waals surface area contributed by atoms with Crippen molar-refractivity contribution in [3.8, 4) is 0 Å². The van der Waals surface area contributed by atoms with Crippen LogP contribution >= 0.6 is 0 Å². The molecule has 0 aliphatic rings. The molecule has 21 heavy (non-hydrogen) atoms. The Morgan fingerprint density at radius 2 is 1.86 bits per heavy atom. The second kappa shape index (κ2) is 6.94. The quantitative estimate of drug-likeness (QED) is 0.740. The van der Waals surface area contributed by atoms with Crippen LogP contribution in [-0.4, -0.2) is 32.3 Å². The second-order valence-corrected chi connectivity index (χ2v) is 4.09. The summed E-state index contributed by atoms with van der Waals surface area (Å²) in [6.45, 7) is 0.385. The lowest BCUT2D eigenvalue weighted by atomic mass is 10.2. The van der Waals surface area contributed by atoms with Gasteiger partial charge in [0.05, 0.1) is 30.0 Å². The average molecular weight is 287 g/mol. The van der Waals surface area contributed by atoms with Crippen LogP contribution in [0, 0.1) is 0 Å². The number of carboxylic acids is 1. The lowest BCUT2D eigenvalue weighted by Gasteiger charge is -2.07. The van der Waals surface area contributed by atoms with Gasteiger partial charge in [-0.1, -0.05) is 0 Å². The fraction of sp³-hybridized carbons (Fsp3) is 0.154. The van der Waals surface area contributed by atoms with Crippen LogP contribution in [0.15, 0.2) is 36.7 Å². The Bertz CT molecular complexity index is 633. The van der Waals surface area contributed by atoms with Crippen molar-refractivity contribution in [2.45, 2.75) is 13.1 Å². The summed E-state index contributed by atoms with van der Waals surface area (Å²) in [5.41, 5.74) is 1.23. The summed E-state index contributed by atoms with van der Waals surface area (Å²) in [4.78, 5) is 26.4. The van der Waals surface area contributed by atoms with Gasteiger partial charge >= 0.3 is 12.0 Å². The molecule has 3 N–H and O–H groups in total. The molecule has 0 aromatic carbocycles. The van der Waals surface area contributed by atoms with E-state index in [1.165, 1.54) is 18.3 Å². The summed E-state index contributed by atoms with van der Waals surface area (Å²) in [7, 11) is 0. The molecule has 0 atom stereocenters. The Labute approximate surface area is 120 Å². The first-order valence-electron chi connectivity index (χ1n) is 6.11. The lowest BCUT2D eigenvalue weighted by Crippen LogP contribution is -2.35. The van der Waals surface area contributed by atoms with Crippen molar-refractivity contribution in [2.24, 2.45) is 0 Å². The Morgan fingerprint density at radius 1 is 1.10 bits per heavy atom. The fourth-order valence-electron chi connectivity index (χ4n) is 1.54. The molecule has 0 aliphatic carbocycles. The number of aromatic nitrogens is 3. The molecule has 0 fully saturated rings. The first-order valence-corrected chi connectivity index (χ1v) is 6.11. The number of carboxylic acid groups (broad SMARTS) is 1. The van der Waals surface area contributed by atoms with Crippen LogP contribution in [0.1, 0.15) is 21.7 Å². The molecule has 0 bridgehead atoms. The van der Waals surface area contributed by atoms with Gasteiger partial charge in [0.1, 0.15) is 0 Å². The van der Waals surface area contributed by atoms with E-state index in [2.05, 4.69) is 25.8 Å². The lowest BCUT2D eigenvalue weighted by molar-refractivity contribution is 0.0696. The molecule has 2 aromatic heterocycles. The Morgan fingerprint density at radius 3 is 2.52 bits per heavy atom. The van der Waals surface area contributed by atoms with Crippen molar-refractivity contribution < 1.29 is 14.7 Å². The van der Waals surface area contributed by atoms with Crippen molar-refractivity contribution in [1.29, 1.82) is 0 Å². The predicted molar refractivity (Wildman–Crippen MR) is 72.3 cm³/mol. The number of amides is 2. The molecule has 2 amide bonds. The molecule has 0 unspecified atom stereocenters. The van der Waals surface area contributed by atoms with Gasteiger partial charge < -0.3 is 15.7 Å². The second-order valence-electron chi connectivity index (χ2n) is 4.09. The molecule has 0 saturated carbocycles. The molecule has 2 rings (SSSR count). The van der Waals surface area contributed by atoms with Crippen molar-refractivity contribution in [1.82, 2.24) is 25.8 Å². The van der Waals surface area contributed by atoms with Gasteiger partial charge in [0.2, 0.25) is 0 Å². The normalized spacial score (nSPS) is 9.90. The molecule has 2 heterocycles. The predicted octanol–water partition coefficient (Wildman–Crippen LogP) is 0.569. The van der Waals surface area contributed by atoms with Gasteiger partial charge in [-0.05, 0) is 24.3 Å². The van der Waals surface area contributed by atoms with E-state index >= 15 is 0 Å². The number of nitrogens with one attached hydrogen (secondary N) is 2. The summed E-state index contributed by atoms with van der Waals surface area (Å²) in [5.74, 6) is -1.04. The van der Waals surface area contributed by atoms with Crippen LogP contribution in [0.5, 0.6) is 0 Å². The minimum Gasteiger partial charge on any atom is -0.478 e. The number of pyridine rings is 1. The van der Waals surface area contributed by atoms with Gasteiger partial charge in [-0.3, -0.25) is 4.98 Å². The number of carbonyl (C=O) groups is 2. The zero-order valence-electron chi connectivity index (χ0n) is 11.0. The third-order valence-corrected chi connectivity index (χ3v) is 2.55. The molecule has 0 aliphatic heterocycles. The standard InChI is InChI=1S/C13H13N5O3/c19-12(20)9-3-5-14-11(6-9)8-16-13(21)15-7-10-2-1-4-17-18-10/h1-6H,7-8H2,(H,19,20)(H2,15,16,21). The number of hydrogen-bond donors (Lipinski definition) is 3. The number of nitrogens with zero attached hydrogens (tertiary/aromatic N) is 3. The first-order chi connectivity index (χ1) is 10.1. The number of rotatable bonds is 5. The molecule has 0 saturated heterocycles. The van der Waals surface area contributed by atoms with Crippen LogP contribution in [0.4, 0.5) is 4.79 Å². The van der Waals surface area contributed by atoms with E-state index in [-0.39, 0.29) is 18.7 Å². The minimum atomic E-state index is -1.04. The summed E-state index contributed by atoms with van der Waals surface area (Å²) < 4.78 is 0. The van der Waals surface area contributed by atoms with E-state index < -0.39 is 12.0 Å². The topological polar surface area (TPSA) is 117 Å². The highest BCUT2D eigenvalue weighted by Gasteiger charge is 2.06. The maximum absolute atomic E-state index is 11.6. The van der Waals surface area contributed by atoms with Crippen molar-refractivity contribution >= 4 is 12.0 Å². The fourth-order valence-corrected chi connectivity index (χ4v) is 1.54. The monoisotopic (exact) mass is 287 g/mol. The molecule has 0 radical (unpaired) electrons. The zero-order valence-corrected chi connectivity index (χ0v) is 11.0. The molecule has 0 spiro atoms. The van der Waals surface area contributed by atoms with Crippen molar-refractivity contribution in [2.75, 3.05) is 0 Å². The van der Waals surface area contributed by atoms with E-state index in [1.54, 1.807) is 18.3 Å². The first kappa shape index (κ1) is 14.4.